The Bertz CT molecular complexity index is 463. The van der Waals surface area contributed by atoms with Gasteiger partial charge >= 0.3 is 0 Å². The third-order valence-corrected chi connectivity index (χ3v) is 3.69. The average Bonchev–Trinajstić information content (AvgIpc) is 2.90. The summed E-state index contributed by atoms with van der Waals surface area (Å²) in [5, 5.41) is 12.5. The molecule has 1 fully saturated rings. The van der Waals surface area contributed by atoms with Crippen LogP contribution in [-0.2, 0) is 4.79 Å². The highest BCUT2D eigenvalue weighted by Crippen LogP contribution is 2.26. The SMILES string of the molecule is CCOc1ccccc1OCC(=O)NCC1CCCC1O. The molecule has 0 bridgehead atoms. The number of benzene rings is 1. The topological polar surface area (TPSA) is 67.8 Å². The Morgan fingerprint density at radius 1 is 1.29 bits per heavy atom. The first-order valence-corrected chi connectivity index (χ1v) is 7.50. The van der Waals surface area contributed by atoms with Crippen LogP contribution >= 0.6 is 0 Å². The van der Waals surface area contributed by atoms with Crippen molar-refractivity contribution >= 4 is 5.91 Å². The summed E-state index contributed by atoms with van der Waals surface area (Å²) in [7, 11) is 0. The molecular formula is C16H23NO4. The molecule has 2 atom stereocenters. The number of hydrogen-bond acceptors (Lipinski definition) is 4. The average molecular weight is 293 g/mol. The Hall–Kier alpha value is -1.75. The zero-order valence-electron chi connectivity index (χ0n) is 12.4. The summed E-state index contributed by atoms with van der Waals surface area (Å²) in [6.07, 6.45) is 2.54. The Morgan fingerprint density at radius 2 is 2.00 bits per heavy atom. The second kappa shape index (κ2) is 7.88. The van der Waals surface area contributed by atoms with Gasteiger partial charge in [-0.15, -0.1) is 0 Å². The van der Waals surface area contributed by atoms with Crippen LogP contribution in [0, 0.1) is 5.92 Å². The standard InChI is InChI=1S/C16H23NO4/c1-2-20-14-8-3-4-9-15(14)21-11-16(19)17-10-12-6-5-7-13(12)18/h3-4,8-9,12-13,18H,2,5-7,10-11H2,1H3,(H,17,19). The van der Waals surface area contributed by atoms with E-state index in [0.717, 1.165) is 19.3 Å². The van der Waals surface area contributed by atoms with Gasteiger partial charge in [-0.1, -0.05) is 18.6 Å². The number of rotatable bonds is 7. The molecule has 5 heteroatoms. The smallest absolute Gasteiger partial charge is 0.257 e. The largest absolute Gasteiger partial charge is 0.490 e. The molecule has 0 radical (unpaired) electrons. The first-order chi connectivity index (χ1) is 10.2. The molecule has 1 aromatic rings. The number of carbonyl (C=O) groups excluding carboxylic acids is 1. The fourth-order valence-electron chi connectivity index (χ4n) is 2.54. The van der Waals surface area contributed by atoms with Gasteiger partial charge in [-0.3, -0.25) is 4.79 Å². The van der Waals surface area contributed by atoms with Gasteiger partial charge in [0.2, 0.25) is 0 Å². The lowest BCUT2D eigenvalue weighted by Gasteiger charge is -2.15. The molecule has 1 amide bonds. The first kappa shape index (κ1) is 15.6. The molecule has 2 rings (SSSR count). The van der Waals surface area contributed by atoms with Crippen molar-refractivity contribution in [2.45, 2.75) is 32.3 Å². The van der Waals surface area contributed by atoms with Gasteiger partial charge in [-0.25, -0.2) is 0 Å². The zero-order chi connectivity index (χ0) is 15.1. The second-order valence-corrected chi connectivity index (χ2v) is 5.23. The van der Waals surface area contributed by atoms with Gasteiger partial charge < -0.3 is 19.9 Å². The van der Waals surface area contributed by atoms with Crippen LogP contribution < -0.4 is 14.8 Å². The van der Waals surface area contributed by atoms with Gasteiger partial charge in [-0.2, -0.15) is 0 Å². The highest BCUT2D eigenvalue weighted by molar-refractivity contribution is 5.77. The third-order valence-electron chi connectivity index (χ3n) is 3.69. The number of carbonyl (C=O) groups is 1. The van der Waals surface area contributed by atoms with Gasteiger partial charge in [-0.05, 0) is 31.9 Å². The van der Waals surface area contributed by atoms with E-state index in [2.05, 4.69) is 5.32 Å². The number of aliphatic hydroxyl groups excluding tert-OH is 1. The summed E-state index contributed by atoms with van der Waals surface area (Å²) in [6, 6.07) is 7.29. The highest BCUT2D eigenvalue weighted by Gasteiger charge is 2.25. The summed E-state index contributed by atoms with van der Waals surface area (Å²) in [6.45, 7) is 2.91. The maximum atomic E-state index is 11.8. The van der Waals surface area contributed by atoms with E-state index >= 15 is 0 Å². The Kier molecular flexibility index (Phi) is 5.87. The van der Waals surface area contributed by atoms with Gasteiger partial charge in [0.15, 0.2) is 18.1 Å². The van der Waals surface area contributed by atoms with Crippen molar-refractivity contribution in [3.8, 4) is 11.5 Å². The molecule has 21 heavy (non-hydrogen) atoms. The van der Waals surface area contributed by atoms with Gasteiger partial charge in [0.25, 0.3) is 5.91 Å². The molecule has 5 nitrogen and oxygen atoms in total. The van der Waals surface area contributed by atoms with Crippen LogP contribution in [0.3, 0.4) is 0 Å². The van der Waals surface area contributed by atoms with E-state index in [-0.39, 0.29) is 24.5 Å². The number of nitrogens with one attached hydrogen (secondary N) is 1. The normalized spacial score (nSPS) is 21.0. The van der Waals surface area contributed by atoms with E-state index in [1.165, 1.54) is 0 Å². The van der Waals surface area contributed by atoms with Crippen LogP contribution in [0.4, 0.5) is 0 Å². The molecule has 2 unspecified atom stereocenters. The zero-order valence-corrected chi connectivity index (χ0v) is 12.4. The summed E-state index contributed by atoms with van der Waals surface area (Å²) < 4.78 is 10.9. The Morgan fingerprint density at radius 3 is 2.62 bits per heavy atom. The minimum atomic E-state index is -0.287. The molecule has 1 aliphatic carbocycles. The van der Waals surface area contributed by atoms with E-state index in [1.807, 2.05) is 25.1 Å². The van der Waals surface area contributed by atoms with Crippen LogP contribution in [0.5, 0.6) is 11.5 Å². The number of hydrogen-bond donors (Lipinski definition) is 2. The maximum Gasteiger partial charge on any atom is 0.257 e. The van der Waals surface area contributed by atoms with Crippen molar-refractivity contribution in [3.63, 3.8) is 0 Å². The fraction of sp³-hybridized carbons (Fsp3) is 0.562. The Labute approximate surface area is 125 Å². The monoisotopic (exact) mass is 293 g/mol. The van der Waals surface area contributed by atoms with E-state index in [9.17, 15) is 9.90 Å². The highest BCUT2D eigenvalue weighted by atomic mass is 16.5. The molecule has 1 aliphatic rings. The number of para-hydroxylation sites is 2. The minimum Gasteiger partial charge on any atom is -0.490 e. The number of ether oxygens (including phenoxy) is 2. The molecule has 1 aromatic carbocycles. The van der Waals surface area contributed by atoms with Crippen LogP contribution in [0.2, 0.25) is 0 Å². The summed E-state index contributed by atoms with van der Waals surface area (Å²) in [4.78, 5) is 11.8. The quantitative estimate of drug-likeness (QED) is 0.803. The van der Waals surface area contributed by atoms with Crippen LogP contribution in [0.1, 0.15) is 26.2 Å². The number of aliphatic hydroxyl groups is 1. The van der Waals surface area contributed by atoms with Crippen molar-refractivity contribution in [1.82, 2.24) is 5.32 Å². The lowest BCUT2D eigenvalue weighted by Crippen LogP contribution is -2.35. The minimum absolute atomic E-state index is 0.0487. The molecule has 0 saturated heterocycles. The predicted molar refractivity (Wildman–Crippen MR) is 79.5 cm³/mol. The molecule has 0 aliphatic heterocycles. The second-order valence-electron chi connectivity index (χ2n) is 5.23. The summed E-state index contributed by atoms with van der Waals surface area (Å²) >= 11 is 0. The molecule has 2 N–H and O–H groups in total. The van der Waals surface area contributed by atoms with Crippen molar-refractivity contribution in [2.75, 3.05) is 19.8 Å². The van der Waals surface area contributed by atoms with Crippen molar-refractivity contribution in [3.05, 3.63) is 24.3 Å². The lowest BCUT2D eigenvalue weighted by molar-refractivity contribution is -0.123. The van der Waals surface area contributed by atoms with Crippen molar-refractivity contribution in [2.24, 2.45) is 5.92 Å². The lowest BCUT2D eigenvalue weighted by atomic mass is 10.1. The molecular weight excluding hydrogens is 270 g/mol. The van der Waals surface area contributed by atoms with E-state index in [1.54, 1.807) is 6.07 Å². The fourth-order valence-corrected chi connectivity index (χ4v) is 2.54. The van der Waals surface area contributed by atoms with Crippen LogP contribution in [0.15, 0.2) is 24.3 Å². The Balaban J connectivity index is 1.76. The summed E-state index contributed by atoms with van der Waals surface area (Å²) in [5.74, 6) is 1.19. The molecule has 1 saturated carbocycles. The number of amides is 1. The summed E-state index contributed by atoms with van der Waals surface area (Å²) in [5.41, 5.74) is 0. The van der Waals surface area contributed by atoms with Crippen molar-refractivity contribution < 1.29 is 19.4 Å². The van der Waals surface area contributed by atoms with Crippen molar-refractivity contribution in [1.29, 1.82) is 0 Å². The van der Waals surface area contributed by atoms with Crippen LogP contribution in [-0.4, -0.2) is 36.9 Å². The van der Waals surface area contributed by atoms with Gasteiger partial charge in [0.05, 0.1) is 12.7 Å². The first-order valence-electron chi connectivity index (χ1n) is 7.50. The van der Waals surface area contributed by atoms with E-state index < -0.39 is 0 Å². The van der Waals surface area contributed by atoms with Gasteiger partial charge in [0.1, 0.15) is 0 Å². The van der Waals surface area contributed by atoms with Crippen LogP contribution in [0.25, 0.3) is 0 Å². The third kappa shape index (κ3) is 4.63. The predicted octanol–water partition coefficient (Wildman–Crippen LogP) is 1.74. The molecule has 116 valence electrons. The van der Waals surface area contributed by atoms with E-state index in [0.29, 0.717) is 24.7 Å². The van der Waals surface area contributed by atoms with E-state index in [4.69, 9.17) is 9.47 Å². The molecule has 0 aromatic heterocycles. The molecule has 0 heterocycles. The maximum absolute atomic E-state index is 11.8. The molecule has 0 spiro atoms. The van der Waals surface area contributed by atoms with Gasteiger partial charge in [0, 0.05) is 12.5 Å².